The minimum atomic E-state index is 0.555. The Hall–Kier alpha value is -2.00. The van der Waals surface area contributed by atoms with Gasteiger partial charge in [-0.1, -0.05) is 23.7 Å². The lowest BCUT2D eigenvalue weighted by Crippen LogP contribution is -1.88. The molecular weight excluding hydrogens is 246 g/mol. The van der Waals surface area contributed by atoms with Crippen LogP contribution in [0.1, 0.15) is 11.1 Å². The van der Waals surface area contributed by atoms with E-state index in [1.807, 2.05) is 37.3 Å². The summed E-state index contributed by atoms with van der Waals surface area (Å²) in [5.41, 5.74) is 15.4. The van der Waals surface area contributed by atoms with E-state index in [1.165, 1.54) is 0 Å². The Morgan fingerprint density at radius 3 is 2.33 bits per heavy atom. The summed E-state index contributed by atoms with van der Waals surface area (Å²) < 4.78 is 0. The molecule has 3 nitrogen and oxygen atoms in total. The molecule has 0 aliphatic heterocycles. The zero-order valence-electron chi connectivity index (χ0n) is 10.0. The van der Waals surface area contributed by atoms with Crippen molar-refractivity contribution in [3.05, 3.63) is 52.5 Å². The van der Waals surface area contributed by atoms with Crippen LogP contribution >= 0.6 is 11.6 Å². The van der Waals surface area contributed by atoms with E-state index in [0.717, 1.165) is 22.5 Å². The number of anilines is 2. The van der Waals surface area contributed by atoms with E-state index in [1.54, 1.807) is 12.3 Å². The molecule has 0 aliphatic carbocycles. The topological polar surface area (TPSA) is 64.4 Å². The molecule has 0 radical (unpaired) electrons. The molecule has 0 saturated heterocycles. The number of hydrogen-bond donors (Lipinski definition) is 2. The van der Waals surface area contributed by atoms with Gasteiger partial charge in [0, 0.05) is 17.6 Å². The first-order chi connectivity index (χ1) is 8.56. The number of aliphatic imine (C=N–C) groups is 1. The van der Waals surface area contributed by atoms with Crippen molar-refractivity contribution in [1.29, 1.82) is 0 Å². The van der Waals surface area contributed by atoms with Gasteiger partial charge >= 0.3 is 0 Å². The Kier molecular flexibility index (Phi) is 3.53. The van der Waals surface area contributed by atoms with Gasteiger partial charge in [-0.3, -0.25) is 4.99 Å². The highest BCUT2D eigenvalue weighted by molar-refractivity contribution is 6.33. The molecule has 4 heteroatoms. The maximum Gasteiger partial charge on any atom is 0.0846 e. The molecule has 0 spiro atoms. The fourth-order valence-corrected chi connectivity index (χ4v) is 1.97. The van der Waals surface area contributed by atoms with Gasteiger partial charge in [0.25, 0.3) is 0 Å². The van der Waals surface area contributed by atoms with Crippen LogP contribution in [-0.2, 0) is 0 Å². The molecule has 0 aromatic heterocycles. The van der Waals surface area contributed by atoms with Crippen molar-refractivity contribution in [3.8, 4) is 0 Å². The van der Waals surface area contributed by atoms with Crippen molar-refractivity contribution < 1.29 is 0 Å². The second-order valence-electron chi connectivity index (χ2n) is 4.09. The first kappa shape index (κ1) is 12.5. The summed E-state index contributed by atoms with van der Waals surface area (Å²) in [6.45, 7) is 1.93. The summed E-state index contributed by atoms with van der Waals surface area (Å²) in [5, 5.41) is 0.555. The van der Waals surface area contributed by atoms with Gasteiger partial charge in [0.15, 0.2) is 0 Å². The number of aryl methyl sites for hydroxylation is 1. The number of benzene rings is 2. The van der Waals surface area contributed by atoms with Crippen molar-refractivity contribution in [2.75, 3.05) is 11.5 Å². The number of nitrogens with two attached hydrogens (primary N) is 2. The lowest BCUT2D eigenvalue weighted by molar-refractivity contribution is 1.40. The van der Waals surface area contributed by atoms with E-state index in [4.69, 9.17) is 23.1 Å². The third kappa shape index (κ3) is 2.81. The molecule has 2 aromatic rings. The Morgan fingerprint density at radius 1 is 1.06 bits per heavy atom. The highest BCUT2D eigenvalue weighted by Crippen LogP contribution is 2.31. The smallest absolute Gasteiger partial charge is 0.0846 e. The lowest BCUT2D eigenvalue weighted by Gasteiger charge is -2.04. The molecule has 0 unspecified atom stereocenters. The third-order valence-electron chi connectivity index (χ3n) is 2.56. The average molecular weight is 260 g/mol. The summed E-state index contributed by atoms with van der Waals surface area (Å²) in [4.78, 5) is 4.39. The average Bonchev–Trinajstić information content (AvgIpc) is 2.30. The van der Waals surface area contributed by atoms with E-state index in [0.29, 0.717) is 10.7 Å². The van der Waals surface area contributed by atoms with Gasteiger partial charge in [-0.2, -0.15) is 0 Å². The Labute approximate surface area is 111 Å². The van der Waals surface area contributed by atoms with Crippen LogP contribution in [0.3, 0.4) is 0 Å². The van der Waals surface area contributed by atoms with Gasteiger partial charge in [-0.05, 0) is 42.3 Å². The first-order valence-corrected chi connectivity index (χ1v) is 5.89. The summed E-state index contributed by atoms with van der Waals surface area (Å²) in [6, 6.07) is 11.0. The molecule has 2 aromatic carbocycles. The predicted octanol–water partition coefficient (Wildman–Crippen LogP) is 3.56. The normalized spacial score (nSPS) is 11.0. The molecule has 0 saturated carbocycles. The van der Waals surface area contributed by atoms with Crippen LogP contribution in [0.4, 0.5) is 17.1 Å². The molecule has 0 heterocycles. The molecule has 0 aliphatic rings. The number of hydrogen-bond acceptors (Lipinski definition) is 3. The summed E-state index contributed by atoms with van der Waals surface area (Å²) >= 11 is 6.11. The monoisotopic (exact) mass is 259 g/mol. The molecule has 0 bridgehead atoms. The van der Waals surface area contributed by atoms with Crippen LogP contribution in [0.5, 0.6) is 0 Å². The molecule has 18 heavy (non-hydrogen) atoms. The number of rotatable bonds is 2. The van der Waals surface area contributed by atoms with Gasteiger partial charge in [0.05, 0.1) is 10.7 Å². The molecule has 0 fully saturated rings. The second-order valence-corrected chi connectivity index (χ2v) is 4.50. The van der Waals surface area contributed by atoms with Gasteiger partial charge in [0.2, 0.25) is 0 Å². The standard InChI is InChI=1S/C14H14ClN3/c1-9-6-12(17)7-13(15)14(9)18-8-10-2-4-11(16)5-3-10/h2-8H,16-17H2,1H3. The van der Waals surface area contributed by atoms with Gasteiger partial charge < -0.3 is 11.5 Å². The second kappa shape index (κ2) is 5.10. The Balaban J connectivity index is 2.31. The highest BCUT2D eigenvalue weighted by atomic mass is 35.5. The van der Waals surface area contributed by atoms with E-state index in [-0.39, 0.29) is 0 Å². The van der Waals surface area contributed by atoms with Gasteiger partial charge in [-0.15, -0.1) is 0 Å². The zero-order chi connectivity index (χ0) is 13.1. The van der Waals surface area contributed by atoms with Crippen molar-refractivity contribution >= 4 is 34.9 Å². The third-order valence-corrected chi connectivity index (χ3v) is 2.84. The SMILES string of the molecule is Cc1cc(N)cc(Cl)c1N=Cc1ccc(N)cc1. The van der Waals surface area contributed by atoms with E-state index in [2.05, 4.69) is 4.99 Å². The zero-order valence-corrected chi connectivity index (χ0v) is 10.8. The van der Waals surface area contributed by atoms with Crippen molar-refractivity contribution in [1.82, 2.24) is 0 Å². The van der Waals surface area contributed by atoms with Crippen molar-refractivity contribution in [2.45, 2.75) is 6.92 Å². The van der Waals surface area contributed by atoms with Crippen LogP contribution < -0.4 is 11.5 Å². The summed E-state index contributed by atoms with van der Waals surface area (Å²) in [7, 11) is 0. The number of halogens is 1. The molecule has 0 amide bonds. The Bertz CT molecular complexity index is 565. The lowest BCUT2D eigenvalue weighted by atomic mass is 10.2. The van der Waals surface area contributed by atoms with Crippen LogP contribution in [0, 0.1) is 6.92 Å². The first-order valence-electron chi connectivity index (χ1n) is 5.51. The fraction of sp³-hybridized carbons (Fsp3) is 0.0714. The van der Waals surface area contributed by atoms with Gasteiger partial charge in [0.1, 0.15) is 0 Å². The maximum atomic E-state index is 6.11. The largest absolute Gasteiger partial charge is 0.399 e. The summed E-state index contributed by atoms with van der Waals surface area (Å²) in [6.07, 6.45) is 1.75. The molecule has 92 valence electrons. The highest BCUT2D eigenvalue weighted by Gasteiger charge is 2.03. The van der Waals surface area contributed by atoms with Gasteiger partial charge in [-0.25, -0.2) is 0 Å². The van der Waals surface area contributed by atoms with Crippen LogP contribution in [-0.4, -0.2) is 6.21 Å². The minimum absolute atomic E-state index is 0.555. The Morgan fingerprint density at radius 2 is 1.72 bits per heavy atom. The van der Waals surface area contributed by atoms with E-state index in [9.17, 15) is 0 Å². The van der Waals surface area contributed by atoms with Crippen molar-refractivity contribution in [2.24, 2.45) is 4.99 Å². The maximum absolute atomic E-state index is 6.11. The summed E-state index contributed by atoms with van der Waals surface area (Å²) in [5.74, 6) is 0. The molecule has 2 rings (SSSR count). The molecule has 0 atom stereocenters. The number of nitrogen functional groups attached to an aromatic ring is 2. The number of nitrogens with zero attached hydrogens (tertiary/aromatic N) is 1. The van der Waals surface area contributed by atoms with Crippen LogP contribution in [0.25, 0.3) is 0 Å². The van der Waals surface area contributed by atoms with Crippen molar-refractivity contribution in [3.63, 3.8) is 0 Å². The minimum Gasteiger partial charge on any atom is -0.399 e. The molecule has 4 N–H and O–H groups in total. The van der Waals surface area contributed by atoms with Crippen LogP contribution in [0.15, 0.2) is 41.4 Å². The quantitative estimate of drug-likeness (QED) is 0.640. The van der Waals surface area contributed by atoms with E-state index < -0.39 is 0 Å². The van der Waals surface area contributed by atoms with E-state index >= 15 is 0 Å². The molecular formula is C14H14ClN3. The predicted molar refractivity (Wildman–Crippen MR) is 78.7 cm³/mol. The fourth-order valence-electron chi connectivity index (χ4n) is 1.65. The van der Waals surface area contributed by atoms with Crippen LogP contribution in [0.2, 0.25) is 5.02 Å².